The van der Waals surface area contributed by atoms with Crippen LogP contribution in [0.15, 0.2) is 53.0 Å². The molecule has 0 bridgehead atoms. The van der Waals surface area contributed by atoms with E-state index in [0.717, 1.165) is 34.5 Å². The Bertz CT molecular complexity index is 1070. The number of carbonyl (C=O) groups excluding carboxylic acids is 2. The van der Waals surface area contributed by atoms with Crippen molar-refractivity contribution < 1.29 is 18.0 Å². The molecule has 0 fully saturated rings. The number of carbonyl (C=O) groups is 2. The largest absolute Gasteiger partial charge is 0.354 e. The van der Waals surface area contributed by atoms with Gasteiger partial charge >= 0.3 is 0 Å². The van der Waals surface area contributed by atoms with E-state index in [-0.39, 0.29) is 12.5 Å². The standard InChI is InChI=1S/C25H34BrN3O4S/c1-5-7-16-27-25(31)22(6-2)28(17-20-14-12-19(3)13-15-20)24(30)18-29(34(4,32)33)23-11-9-8-10-21(23)26/h8-15,22H,5-7,16-18H2,1-4H3,(H,27,31)/t22-/m0/s1. The van der Waals surface area contributed by atoms with Crippen LogP contribution >= 0.6 is 15.9 Å². The second-order valence-corrected chi connectivity index (χ2v) is 11.1. The van der Waals surface area contributed by atoms with Gasteiger partial charge in [0.25, 0.3) is 0 Å². The molecule has 1 atom stereocenters. The van der Waals surface area contributed by atoms with Crippen molar-refractivity contribution in [2.45, 2.75) is 52.6 Å². The number of benzene rings is 2. The quantitative estimate of drug-likeness (QED) is 0.399. The molecule has 2 aromatic rings. The van der Waals surface area contributed by atoms with Crippen LogP contribution in [0, 0.1) is 6.92 Å². The van der Waals surface area contributed by atoms with Crippen molar-refractivity contribution in [2.75, 3.05) is 23.7 Å². The number of para-hydroxylation sites is 1. The Labute approximate surface area is 211 Å². The lowest BCUT2D eigenvalue weighted by Gasteiger charge is -2.33. The SMILES string of the molecule is CCCCNC(=O)[C@H](CC)N(Cc1ccc(C)cc1)C(=O)CN(c1ccccc1Br)S(C)(=O)=O. The van der Waals surface area contributed by atoms with Gasteiger partial charge in [-0.05, 0) is 53.4 Å². The molecule has 0 aliphatic rings. The first-order valence-corrected chi connectivity index (χ1v) is 14.1. The molecule has 0 spiro atoms. The first kappa shape index (κ1) is 27.9. The van der Waals surface area contributed by atoms with Gasteiger partial charge < -0.3 is 10.2 Å². The molecule has 7 nitrogen and oxygen atoms in total. The van der Waals surface area contributed by atoms with Crippen LogP contribution in [0.5, 0.6) is 0 Å². The fourth-order valence-corrected chi connectivity index (χ4v) is 5.04. The van der Waals surface area contributed by atoms with E-state index in [1.165, 1.54) is 4.90 Å². The van der Waals surface area contributed by atoms with E-state index in [1.807, 2.05) is 45.0 Å². The summed E-state index contributed by atoms with van der Waals surface area (Å²) in [6.07, 6.45) is 3.26. The maximum atomic E-state index is 13.6. The molecule has 2 aromatic carbocycles. The lowest BCUT2D eigenvalue weighted by atomic mass is 10.1. The van der Waals surface area contributed by atoms with Crippen LogP contribution in [0.2, 0.25) is 0 Å². The summed E-state index contributed by atoms with van der Waals surface area (Å²) >= 11 is 3.38. The Morgan fingerprint density at radius 2 is 1.71 bits per heavy atom. The highest BCUT2D eigenvalue weighted by molar-refractivity contribution is 9.10. The minimum Gasteiger partial charge on any atom is -0.354 e. The fraction of sp³-hybridized carbons (Fsp3) is 0.440. The second-order valence-electron chi connectivity index (χ2n) is 8.30. The van der Waals surface area contributed by atoms with Crippen LogP contribution in [-0.2, 0) is 26.2 Å². The topological polar surface area (TPSA) is 86.8 Å². The molecule has 0 aliphatic heterocycles. The smallest absolute Gasteiger partial charge is 0.244 e. The fourth-order valence-electron chi connectivity index (χ4n) is 3.56. The number of nitrogens with one attached hydrogen (secondary N) is 1. The molecule has 0 saturated carbocycles. The summed E-state index contributed by atoms with van der Waals surface area (Å²) in [5.41, 5.74) is 2.32. The van der Waals surface area contributed by atoms with E-state index in [9.17, 15) is 18.0 Å². The molecule has 9 heteroatoms. The number of sulfonamides is 1. The molecule has 34 heavy (non-hydrogen) atoms. The summed E-state index contributed by atoms with van der Waals surface area (Å²) in [5.74, 6) is -0.678. The summed E-state index contributed by atoms with van der Waals surface area (Å²) in [6.45, 7) is 6.19. The van der Waals surface area contributed by atoms with Gasteiger partial charge in [-0.25, -0.2) is 8.42 Å². The van der Waals surface area contributed by atoms with Gasteiger partial charge in [0, 0.05) is 17.6 Å². The van der Waals surface area contributed by atoms with Gasteiger partial charge in [-0.15, -0.1) is 0 Å². The molecule has 186 valence electrons. The Hall–Kier alpha value is -2.39. The van der Waals surface area contributed by atoms with Crippen LogP contribution < -0.4 is 9.62 Å². The van der Waals surface area contributed by atoms with Crippen LogP contribution in [0.1, 0.15) is 44.2 Å². The molecule has 0 aromatic heterocycles. The molecular weight excluding hydrogens is 518 g/mol. The predicted octanol–water partition coefficient (Wildman–Crippen LogP) is 4.25. The zero-order valence-electron chi connectivity index (χ0n) is 20.3. The van der Waals surface area contributed by atoms with Crippen molar-refractivity contribution in [3.8, 4) is 0 Å². The van der Waals surface area contributed by atoms with Crippen LogP contribution in [0.4, 0.5) is 5.69 Å². The molecular formula is C25H34BrN3O4S. The third-order valence-corrected chi connectivity index (χ3v) is 7.29. The molecule has 0 aliphatic carbocycles. The number of aryl methyl sites for hydroxylation is 1. The lowest BCUT2D eigenvalue weighted by Crippen LogP contribution is -2.52. The Balaban J connectivity index is 2.40. The van der Waals surface area contributed by atoms with E-state index in [2.05, 4.69) is 21.2 Å². The van der Waals surface area contributed by atoms with Crippen molar-refractivity contribution in [1.29, 1.82) is 0 Å². The van der Waals surface area contributed by atoms with Gasteiger partial charge in [0.2, 0.25) is 21.8 Å². The summed E-state index contributed by atoms with van der Waals surface area (Å²) in [7, 11) is -3.76. The Kier molecular flexibility index (Phi) is 10.6. The summed E-state index contributed by atoms with van der Waals surface area (Å²) < 4.78 is 26.9. The van der Waals surface area contributed by atoms with Crippen LogP contribution in [-0.4, -0.2) is 50.5 Å². The van der Waals surface area contributed by atoms with Crippen molar-refractivity contribution in [3.05, 3.63) is 64.1 Å². The monoisotopic (exact) mass is 551 g/mol. The number of nitrogens with zero attached hydrogens (tertiary/aromatic N) is 2. The van der Waals surface area contributed by atoms with Crippen LogP contribution in [0.3, 0.4) is 0 Å². The van der Waals surface area contributed by atoms with Crippen LogP contribution in [0.25, 0.3) is 0 Å². The van der Waals surface area contributed by atoms with E-state index in [4.69, 9.17) is 0 Å². The molecule has 0 saturated heterocycles. The first-order chi connectivity index (χ1) is 16.1. The summed E-state index contributed by atoms with van der Waals surface area (Å²) in [4.78, 5) is 28.1. The van der Waals surface area contributed by atoms with E-state index >= 15 is 0 Å². The van der Waals surface area contributed by atoms with Gasteiger partial charge in [0.05, 0.1) is 11.9 Å². The average Bonchev–Trinajstić information content (AvgIpc) is 2.78. The van der Waals surface area contributed by atoms with E-state index in [0.29, 0.717) is 23.1 Å². The van der Waals surface area contributed by atoms with Gasteiger partial charge in [0.1, 0.15) is 12.6 Å². The highest BCUT2D eigenvalue weighted by Crippen LogP contribution is 2.28. The lowest BCUT2D eigenvalue weighted by molar-refractivity contribution is -0.140. The Morgan fingerprint density at radius 1 is 1.06 bits per heavy atom. The third kappa shape index (κ3) is 7.84. The Morgan fingerprint density at radius 3 is 2.26 bits per heavy atom. The maximum Gasteiger partial charge on any atom is 0.244 e. The predicted molar refractivity (Wildman–Crippen MR) is 140 cm³/mol. The second kappa shape index (κ2) is 12.9. The zero-order chi connectivity index (χ0) is 25.3. The number of hydrogen-bond acceptors (Lipinski definition) is 4. The normalized spacial score (nSPS) is 12.1. The maximum absolute atomic E-state index is 13.6. The van der Waals surface area contributed by atoms with Crippen molar-refractivity contribution in [2.24, 2.45) is 0 Å². The number of rotatable bonds is 12. The third-order valence-electron chi connectivity index (χ3n) is 5.49. The van der Waals surface area contributed by atoms with Gasteiger partial charge in [0.15, 0.2) is 0 Å². The molecule has 0 heterocycles. The summed E-state index contributed by atoms with van der Waals surface area (Å²) in [5, 5.41) is 2.92. The molecule has 0 radical (unpaired) electrons. The minimum absolute atomic E-state index is 0.201. The van der Waals surface area contributed by atoms with Gasteiger partial charge in [-0.2, -0.15) is 0 Å². The number of halogens is 1. The van der Waals surface area contributed by atoms with Gasteiger partial charge in [-0.3, -0.25) is 13.9 Å². The highest BCUT2D eigenvalue weighted by atomic mass is 79.9. The zero-order valence-corrected chi connectivity index (χ0v) is 22.7. The van der Waals surface area contributed by atoms with Crippen molar-refractivity contribution >= 4 is 43.5 Å². The van der Waals surface area contributed by atoms with E-state index in [1.54, 1.807) is 24.3 Å². The molecule has 0 unspecified atom stereocenters. The molecule has 1 N–H and O–H groups in total. The van der Waals surface area contributed by atoms with E-state index < -0.39 is 28.5 Å². The molecule has 2 amide bonds. The molecule has 2 rings (SSSR count). The van der Waals surface area contributed by atoms with Crippen molar-refractivity contribution in [3.63, 3.8) is 0 Å². The number of amides is 2. The average molecular weight is 553 g/mol. The summed E-state index contributed by atoms with van der Waals surface area (Å²) in [6, 6.07) is 13.9. The van der Waals surface area contributed by atoms with Gasteiger partial charge in [-0.1, -0.05) is 62.2 Å². The number of hydrogen-bond donors (Lipinski definition) is 1. The highest BCUT2D eigenvalue weighted by Gasteiger charge is 2.32. The minimum atomic E-state index is -3.76. The number of unbranched alkanes of at least 4 members (excludes halogenated alkanes) is 1. The van der Waals surface area contributed by atoms with Crippen molar-refractivity contribution in [1.82, 2.24) is 10.2 Å². The first-order valence-electron chi connectivity index (χ1n) is 11.4. The number of anilines is 1.